The molecule has 0 bridgehead atoms. The van der Waals surface area contributed by atoms with Gasteiger partial charge in [0.25, 0.3) is 5.91 Å². The van der Waals surface area contributed by atoms with E-state index >= 15 is 0 Å². The molecule has 34 heavy (non-hydrogen) atoms. The Balaban J connectivity index is 1.64. The van der Waals surface area contributed by atoms with Gasteiger partial charge in [0, 0.05) is 24.2 Å². The maximum absolute atomic E-state index is 14.0. The van der Waals surface area contributed by atoms with Crippen LogP contribution >= 0.6 is 0 Å². The number of anilines is 1. The Kier molecular flexibility index (Phi) is 5.54. The summed E-state index contributed by atoms with van der Waals surface area (Å²) in [5.74, 6) is 0.979. The third-order valence-electron chi connectivity index (χ3n) is 7.45. The number of nitrogens with zero attached hydrogens (tertiary/aromatic N) is 2. The second-order valence-electron chi connectivity index (χ2n) is 9.58. The molecule has 8 heteroatoms. The van der Waals surface area contributed by atoms with Crippen molar-refractivity contribution in [3.63, 3.8) is 0 Å². The monoisotopic (exact) mass is 465 g/mol. The van der Waals surface area contributed by atoms with Gasteiger partial charge in [-0.2, -0.15) is 0 Å². The molecule has 0 unspecified atom stereocenters. The largest absolute Gasteiger partial charge is 0.497 e. The van der Waals surface area contributed by atoms with E-state index in [1.165, 1.54) is 6.42 Å². The topological polar surface area (TPSA) is 85.9 Å². The lowest BCUT2D eigenvalue weighted by Gasteiger charge is -2.45. The molecule has 1 fully saturated rings. The van der Waals surface area contributed by atoms with E-state index in [0.29, 0.717) is 34.4 Å². The van der Waals surface area contributed by atoms with Gasteiger partial charge in [0.1, 0.15) is 22.7 Å². The van der Waals surface area contributed by atoms with Gasteiger partial charge >= 0.3 is 0 Å². The van der Waals surface area contributed by atoms with Crippen molar-refractivity contribution in [2.45, 2.75) is 57.7 Å². The number of methoxy groups -OCH3 is 2. The predicted octanol–water partition coefficient (Wildman–Crippen LogP) is 4.37. The molecule has 1 saturated carbocycles. The summed E-state index contributed by atoms with van der Waals surface area (Å²) < 4.78 is 18.5. The van der Waals surface area contributed by atoms with E-state index in [9.17, 15) is 9.59 Å². The van der Waals surface area contributed by atoms with Crippen molar-refractivity contribution in [2.75, 3.05) is 19.1 Å². The van der Waals surface area contributed by atoms with E-state index in [4.69, 9.17) is 13.9 Å². The summed E-state index contributed by atoms with van der Waals surface area (Å²) in [6.07, 6.45) is 5.91. The number of carbonyl (C=O) groups is 2. The molecule has 2 amide bonds. The molecule has 1 aromatic carbocycles. The van der Waals surface area contributed by atoms with Crippen LogP contribution in [0, 0.1) is 5.92 Å². The Morgan fingerprint density at radius 3 is 2.68 bits per heavy atom. The number of aromatic nitrogens is 1. The highest BCUT2D eigenvalue weighted by Crippen LogP contribution is 2.42. The molecule has 0 saturated heterocycles. The predicted molar refractivity (Wildman–Crippen MR) is 129 cm³/mol. The van der Waals surface area contributed by atoms with Crippen LogP contribution in [0.5, 0.6) is 11.5 Å². The van der Waals surface area contributed by atoms with Gasteiger partial charge in [-0.25, -0.2) is 0 Å². The number of ether oxygens (including phenoxy) is 2. The van der Waals surface area contributed by atoms with Gasteiger partial charge in [-0.15, -0.1) is 0 Å². The summed E-state index contributed by atoms with van der Waals surface area (Å²) in [6.45, 7) is 4.28. The first-order valence-corrected chi connectivity index (χ1v) is 11.8. The van der Waals surface area contributed by atoms with Gasteiger partial charge < -0.3 is 23.8 Å². The summed E-state index contributed by atoms with van der Waals surface area (Å²) in [4.78, 5) is 29.6. The Bertz CT molecular complexity index is 1240. The summed E-state index contributed by atoms with van der Waals surface area (Å²) >= 11 is 0. The molecule has 1 N–H and O–H groups in total. The highest BCUT2D eigenvalue weighted by Gasteiger charge is 2.50. The molecule has 1 aliphatic heterocycles. The zero-order valence-corrected chi connectivity index (χ0v) is 20.1. The van der Waals surface area contributed by atoms with Crippen LogP contribution in [0.3, 0.4) is 0 Å². The van der Waals surface area contributed by atoms with Crippen molar-refractivity contribution < 1.29 is 23.5 Å². The van der Waals surface area contributed by atoms with Crippen molar-refractivity contribution in [3.8, 4) is 11.5 Å². The highest BCUT2D eigenvalue weighted by atomic mass is 16.5. The maximum atomic E-state index is 14.0. The number of benzene rings is 1. The Morgan fingerprint density at radius 1 is 1.15 bits per heavy atom. The first-order valence-electron chi connectivity index (χ1n) is 11.8. The number of fused-ring (bicyclic) bond motifs is 3. The van der Waals surface area contributed by atoms with Crippen LogP contribution in [-0.4, -0.2) is 42.2 Å². The molecule has 0 radical (unpaired) electrons. The fourth-order valence-corrected chi connectivity index (χ4v) is 5.42. The molecular formula is C26H31N3O5. The minimum Gasteiger partial charge on any atom is -0.497 e. The van der Waals surface area contributed by atoms with Crippen LogP contribution in [0.15, 0.2) is 41.0 Å². The second-order valence-corrected chi connectivity index (χ2v) is 9.58. The van der Waals surface area contributed by atoms with Crippen molar-refractivity contribution in [1.82, 2.24) is 9.88 Å². The molecule has 1 aliphatic carbocycles. The summed E-state index contributed by atoms with van der Waals surface area (Å²) in [6, 6.07) is 8.92. The van der Waals surface area contributed by atoms with E-state index in [1.54, 1.807) is 49.6 Å². The summed E-state index contributed by atoms with van der Waals surface area (Å²) in [5.41, 5.74) is 1.17. The average Bonchev–Trinajstić information content (AvgIpc) is 3.43. The maximum Gasteiger partial charge on any atom is 0.276 e. The minimum absolute atomic E-state index is 0.0854. The lowest BCUT2D eigenvalue weighted by Crippen LogP contribution is -2.65. The molecule has 3 atom stereocenters. The van der Waals surface area contributed by atoms with Crippen molar-refractivity contribution in [3.05, 3.63) is 42.3 Å². The lowest BCUT2D eigenvalue weighted by atomic mass is 9.84. The molecule has 3 aromatic rings. The number of nitrogens with one attached hydrogen (secondary N) is 1. The van der Waals surface area contributed by atoms with Crippen LogP contribution in [-0.2, 0) is 11.3 Å². The van der Waals surface area contributed by atoms with E-state index in [0.717, 1.165) is 24.8 Å². The molecule has 2 aliphatic rings. The first-order chi connectivity index (χ1) is 16.4. The third-order valence-corrected chi connectivity index (χ3v) is 7.45. The minimum atomic E-state index is -1.20. The Labute approximate surface area is 198 Å². The summed E-state index contributed by atoms with van der Waals surface area (Å²) in [5, 5.41) is 3.29. The number of rotatable bonds is 5. The van der Waals surface area contributed by atoms with E-state index < -0.39 is 5.54 Å². The number of carbonyl (C=O) groups excluding carboxylic acids is 2. The molecular weight excluding hydrogens is 434 g/mol. The molecule has 8 nitrogen and oxygen atoms in total. The number of hydrogen-bond acceptors (Lipinski definition) is 5. The molecule has 5 rings (SSSR count). The van der Waals surface area contributed by atoms with Crippen LogP contribution in [0.4, 0.5) is 5.69 Å². The Hall–Kier alpha value is -3.42. The third kappa shape index (κ3) is 3.43. The molecule has 2 aromatic heterocycles. The van der Waals surface area contributed by atoms with Crippen LogP contribution in [0.25, 0.3) is 11.1 Å². The van der Waals surface area contributed by atoms with Gasteiger partial charge in [0.15, 0.2) is 5.58 Å². The van der Waals surface area contributed by atoms with Gasteiger partial charge in [0.2, 0.25) is 5.91 Å². The van der Waals surface area contributed by atoms with Gasteiger partial charge in [0.05, 0.1) is 38.2 Å². The van der Waals surface area contributed by atoms with Crippen molar-refractivity contribution >= 4 is 28.6 Å². The first kappa shape index (κ1) is 22.4. The number of amides is 2. The van der Waals surface area contributed by atoms with E-state index in [1.807, 2.05) is 17.6 Å². The second kappa shape index (κ2) is 8.42. The number of hydrogen-bond donors (Lipinski definition) is 1. The summed E-state index contributed by atoms with van der Waals surface area (Å²) in [7, 11) is 3.12. The standard InChI is InChI=1S/C26H31N3O5/c1-16-7-5-6-8-18(16)27-25(31)26(2)15-28-19-11-12-34-23(19)14-21(28)24(30)29(26)20-13-17(32-3)9-10-22(20)33-4/h9-14,16,18H,5-8,15H2,1-4H3,(H,27,31)/t16-,18-,26+/m0/s1. The van der Waals surface area contributed by atoms with Crippen LogP contribution in [0.2, 0.25) is 0 Å². The fourth-order valence-electron chi connectivity index (χ4n) is 5.42. The highest BCUT2D eigenvalue weighted by molar-refractivity contribution is 6.14. The fraction of sp³-hybridized carbons (Fsp3) is 0.462. The van der Waals surface area contributed by atoms with Crippen LogP contribution < -0.4 is 19.7 Å². The van der Waals surface area contributed by atoms with Crippen LogP contribution in [0.1, 0.15) is 50.0 Å². The average molecular weight is 466 g/mol. The Morgan fingerprint density at radius 2 is 1.94 bits per heavy atom. The smallest absolute Gasteiger partial charge is 0.276 e. The normalized spacial score (nSPS) is 24.7. The quantitative estimate of drug-likeness (QED) is 0.605. The zero-order valence-electron chi connectivity index (χ0n) is 20.1. The van der Waals surface area contributed by atoms with Gasteiger partial charge in [-0.05, 0) is 37.8 Å². The van der Waals surface area contributed by atoms with Crippen molar-refractivity contribution in [2.24, 2.45) is 5.92 Å². The van der Waals surface area contributed by atoms with E-state index in [2.05, 4.69) is 12.2 Å². The lowest BCUT2D eigenvalue weighted by molar-refractivity contribution is -0.127. The SMILES string of the molecule is COc1ccc(OC)c(N2C(=O)c3cc4occc4n3C[C@]2(C)C(=O)N[C@H]2CCCC[C@@H]2C)c1. The van der Waals surface area contributed by atoms with Gasteiger partial charge in [-0.1, -0.05) is 19.8 Å². The van der Waals surface area contributed by atoms with Crippen molar-refractivity contribution in [1.29, 1.82) is 0 Å². The van der Waals surface area contributed by atoms with E-state index in [-0.39, 0.29) is 24.4 Å². The van der Waals surface area contributed by atoms with Gasteiger partial charge in [-0.3, -0.25) is 14.5 Å². The number of furan rings is 1. The molecule has 180 valence electrons. The molecule has 0 spiro atoms. The molecule has 3 heterocycles. The zero-order chi connectivity index (χ0) is 24.0.